The molecule has 21 heteroatoms. The maximum atomic E-state index is 15.4. The molecule has 15 nitrogen and oxygen atoms in total. The summed E-state index contributed by atoms with van der Waals surface area (Å²) < 4.78 is 74.0. The van der Waals surface area contributed by atoms with Crippen molar-refractivity contribution >= 4 is 67.3 Å². The van der Waals surface area contributed by atoms with Crippen molar-refractivity contribution in [2.75, 3.05) is 49.0 Å². The average molecular weight is 1100 g/mol. The number of thiocyanates is 1. The van der Waals surface area contributed by atoms with Crippen LogP contribution in [-0.2, 0) is 31.8 Å². The molecule has 77 heavy (non-hydrogen) atoms. The van der Waals surface area contributed by atoms with Gasteiger partial charge in [-0.25, -0.2) is 9.37 Å². The van der Waals surface area contributed by atoms with E-state index in [1.807, 2.05) is 58.2 Å². The van der Waals surface area contributed by atoms with Crippen LogP contribution in [0.15, 0.2) is 83.9 Å². The number of carbonyl (C=O) groups is 4. The van der Waals surface area contributed by atoms with Crippen LogP contribution in [0.5, 0.6) is 11.6 Å². The number of pyridine rings is 1. The first kappa shape index (κ1) is 57.6. The molecular weight excluding hydrogens is 1040 g/mol. The zero-order valence-corrected chi connectivity index (χ0v) is 45.6. The van der Waals surface area contributed by atoms with Gasteiger partial charge in [0.05, 0.1) is 42.4 Å². The summed E-state index contributed by atoms with van der Waals surface area (Å²) >= 11 is 5.50. The molecule has 3 aliphatic rings. The number of ether oxygens (including phenoxy) is 3. The Kier molecular flexibility index (Phi) is 17.7. The molecule has 1 unspecified atom stereocenters. The number of benzene rings is 3. The topological polar surface area (TPSA) is 190 Å². The van der Waals surface area contributed by atoms with Crippen molar-refractivity contribution in [1.29, 1.82) is 10.5 Å². The van der Waals surface area contributed by atoms with Gasteiger partial charge in [0.2, 0.25) is 17.7 Å². The summed E-state index contributed by atoms with van der Waals surface area (Å²) in [7, 11) is -1.45. The summed E-state index contributed by atoms with van der Waals surface area (Å²) in [6.07, 6.45) is 2.32. The first-order chi connectivity index (χ1) is 36.4. The van der Waals surface area contributed by atoms with Gasteiger partial charge in [-0.05, 0) is 135 Å². The lowest BCUT2D eigenvalue weighted by Gasteiger charge is -2.35. The van der Waals surface area contributed by atoms with Gasteiger partial charge in [-0.15, -0.1) is 10.0 Å². The molecule has 0 aliphatic carbocycles. The quantitative estimate of drug-likeness (QED) is 0.0348. The zero-order chi connectivity index (χ0) is 56.0. The second-order valence-electron chi connectivity index (χ2n) is 20.6. The van der Waals surface area contributed by atoms with Crippen LogP contribution in [0.3, 0.4) is 0 Å². The minimum atomic E-state index is -5.19. The third-order valence-corrected chi connectivity index (χ3v) is 17.1. The number of anilines is 2. The normalized spacial score (nSPS) is 19.3. The Bertz CT molecular complexity index is 3010. The third-order valence-electron chi connectivity index (χ3n) is 13.8. The highest BCUT2D eigenvalue weighted by molar-refractivity contribution is 8.53. The minimum absolute atomic E-state index is 0.247. The second kappa shape index (κ2) is 23.7. The maximum Gasteiger partial charge on any atom is 0.420 e. The summed E-state index contributed by atoms with van der Waals surface area (Å²) in [4.78, 5) is 64.9. The van der Waals surface area contributed by atoms with Crippen molar-refractivity contribution in [3.05, 3.63) is 118 Å². The summed E-state index contributed by atoms with van der Waals surface area (Å²) in [5.41, 5.74) is -2.88. The Morgan fingerprint density at radius 1 is 0.922 bits per heavy atom. The Labute approximate surface area is 452 Å². The SMILES string of the molecule is CC1=C(c2ccc(CNC(=O)[C@@H]3CCCN3C(=O)[C@@H](NC(=O)c3ccc(OCCCOCCCCCOc4ccc(N5C(=S)N(c6ccc(C#N)c(C(F)(F)F)c6F)C(=O)C5(C)C)cn4)cc3)C(C)(C)C)cc2)S1(C)C#N. The van der Waals surface area contributed by atoms with E-state index in [9.17, 15) is 37.6 Å². The van der Waals surface area contributed by atoms with Crippen LogP contribution in [0.1, 0.15) is 113 Å². The Morgan fingerprint density at radius 3 is 2.22 bits per heavy atom. The number of halogens is 4. The Hall–Kier alpha value is -7.07. The van der Waals surface area contributed by atoms with Gasteiger partial charge >= 0.3 is 6.18 Å². The fourth-order valence-electron chi connectivity index (χ4n) is 9.34. The van der Waals surface area contributed by atoms with Crippen molar-refractivity contribution in [2.45, 2.75) is 110 Å². The van der Waals surface area contributed by atoms with Crippen molar-refractivity contribution < 1.29 is 51.0 Å². The molecule has 0 saturated carbocycles. The maximum absolute atomic E-state index is 15.4. The molecular formula is C56H62F4N8O7S2. The number of nitrogens with zero attached hydrogens (tertiary/aromatic N) is 6. The number of thiocarbonyl (C=S) groups is 1. The summed E-state index contributed by atoms with van der Waals surface area (Å²) in [5, 5.41) is 26.9. The molecule has 4 aromatic rings. The number of rotatable bonds is 21. The smallest absolute Gasteiger partial charge is 0.420 e. The number of hydrogen-bond acceptors (Lipinski definition) is 11. The first-order valence-corrected chi connectivity index (χ1v) is 27.7. The van der Waals surface area contributed by atoms with Crippen LogP contribution in [0.2, 0.25) is 0 Å². The van der Waals surface area contributed by atoms with E-state index in [4.69, 9.17) is 31.7 Å². The minimum Gasteiger partial charge on any atom is -0.494 e. The largest absolute Gasteiger partial charge is 0.494 e. The zero-order valence-electron chi connectivity index (χ0n) is 44.0. The molecule has 2 saturated heterocycles. The number of alkyl halides is 3. The average Bonchev–Trinajstić information content (AvgIpc) is 3.73. The highest BCUT2D eigenvalue weighted by atomic mass is 32.3. The second-order valence-corrected chi connectivity index (χ2v) is 24.0. The van der Waals surface area contributed by atoms with E-state index in [1.165, 1.54) is 31.0 Å². The molecule has 1 aromatic heterocycles. The molecule has 3 aliphatic heterocycles. The standard InChI is InChI=1S/C56H62F4N8O7S2/c1-35-47(77(35,7)34-62)37-16-14-36(15-17-37)32-64-50(70)43-13-11-26-66(43)51(71)48(54(2,3)4)65-49(69)38-18-22-41(23-19-38)74-30-12-28-73-27-9-8-10-29-75-44-25-21-40(33-63-44)68-53(76)67(52(72)55(68,5)6)42-24-20-39(31-61)45(46(42)57)56(58,59)60/h14-25,33,43,48H,8-13,26-30,32H2,1-7H3,(H,64,70)(H,65,69)/t43-,48+/m0/s1. The predicted octanol–water partition coefficient (Wildman–Crippen LogP) is 10.1. The van der Waals surface area contributed by atoms with Gasteiger partial charge < -0.3 is 34.6 Å². The highest BCUT2D eigenvalue weighted by Crippen LogP contribution is 2.78. The fraction of sp³-hybridized carbons (Fsp3) is 0.429. The van der Waals surface area contributed by atoms with Crippen molar-refractivity contribution in [2.24, 2.45) is 5.41 Å². The first-order valence-electron chi connectivity index (χ1n) is 25.2. The number of unbranched alkanes of at least 4 members (excludes halogenated alkanes) is 2. The van der Waals surface area contributed by atoms with Gasteiger partial charge in [-0.2, -0.15) is 23.7 Å². The van der Waals surface area contributed by atoms with Crippen molar-refractivity contribution in [3.63, 3.8) is 0 Å². The number of allylic oxidation sites excluding steroid dienone is 1. The van der Waals surface area contributed by atoms with Gasteiger partial charge in [0, 0.05) is 49.3 Å². The molecule has 408 valence electrons. The monoisotopic (exact) mass is 1100 g/mol. The van der Waals surface area contributed by atoms with Crippen LogP contribution in [0.4, 0.5) is 28.9 Å². The fourth-order valence-corrected chi connectivity index (χ4v) is 12.0. The molecule has 4 amide bonds. The lowest BCUT2D eigenvalue weighted by atomic mass is 9.85. The predicted molar refractivity (Wildman–Crippen MR) is 289 cm³/mol. The van der Waals surface area contributed by atoms with Crippen LogP contribution < -0.4 is 29.9 Å². The van der Waals surface area contributed by atoms with E-state index in [-0.39, 0.29) is 16.9 Å². The number of nitriles is 2. The van der Waals surface area contributed by atoms with Gasteiger partial charge in [0.15, 0.2) is 10.9 Å². The van der Waals surface area contributed by atoms with Gasteiger partial charge in [-0.1, -0.05) is 45.0 Å². The Balaban J connectivity index is 0.778. The third kappa shape index (κ3) is 12.7. The van der Waals surface area contributed by atoms with E-state index in [2.05, 4.69) is 21.0 Å². The van der Waals surface area contributed by atoms with Crippen LogP contribution in [0, 0.1) is 33.2 Å². The Morgan fingerprint density at radius 2 is 1.60 bits per heavy atom. The summed E-state index contributed by atoms with van der Waals surface area (Å²) in [6.45, 7) is 13.1. The van der Waals surface area contributed by atoms with Crippen molar-refractivity contribution in [3.8, 4) is 23.1 Å². The van der Waals surface area contributed by atoms with Crippen molar-refractivity contribution in [1.82, 2.24) is 20.5 Å². The number of hydrogen-bond donors (Lipinski definition) is 2. The molecule has 7 rings (SSSR count). The molecule has 3 atom stereocenters. The molecule has 0 spiro atoms. The van der Waals surface area contributed by atoms with Crippen LogP contribution in [-0.4, -0.2) is 95.5 Å². The van der Waals surface area contributed by atoms with Crippen LogP contribution in [0.25, 0.3) is 4.91 Å². The number of aromatic nitrogens is 1. The van der Waals surface area contributed by atoms with E-state index in [0.717, 1.165) is 45.9 Å². The van der Waals surface area contributed by atoms with Gasteiger partial charge in [-0.3, -0.25) is 24.1 Å². The number of likely N-dealkylation sites (tertiary alicyclic amines) is 1. The number of amides is 4. The highest BCUT2D eigenvalue weighted by Gasteiger charge is 2.52. The molecule has 0 radical (unpaired) electrons. The van der Waals surface area contributed by atoms with Crippen LogP contribution >= 0.6 is 22.2 Å². The lowest BCUT2D eigenvalue weighted by molar-refractivity contribution is -0.142. The lowest BCUT2D eigenvalue weighted by Crippen LogP contribution is -2.57. The summed E-state index contributed by atoms with van der Waals surface area (Å²) in [6, 6.07) is 19.2. The molecule has 2 fully saturated rings. The summed E-state index contributed by atoms with van der Waals surface area (Å²) in [5.74, 6) is -2.66. The molecule has 4 heterocycles. The van der Waals surface area contributed by atoms with Gasteiger partial charge in [0.1, 0.15) is 34.3 Å². The molecule has 2 N–H and O–H groups in total. The number of carbonyl (C=O) groups excluding carboxylic acids is 4. The van der Waals surface area contributed by atoms with E-state index >= 15 is 4.39 Å². The van der Waals surface area contributed by atoms with E-state index in [1.54, 1.807) is 41.3 Å². The number of nitrogens with one attached hydrogen (secondary N) is 2. The molecule has 3 aromatic carbocycles. The van der Waals surface area contributed by atoms with Gasteiger partial charge in [0.25, 0.3) is 11.8 Å². The molecule has 0 bridgehead atoms. The van der Waals surface area contributed by atoms with E-state index < -0.39 is 73.7 Å². The van der Waals surface area contributed by atoms with E-state index in [0.29, 0.717) is 93.0 Å².